The Morgan fingerprint density at radius 2 is 1.71 bits per heavy atom. The van der Waals surface area contributed by atoms with E-state index in [0.29, 0.717) is 24.2 Å². The highest BCUT2D eigenvalue weighted by atomic mass is 16.2. The molecule has 0 spiro atoms. The lowest BCUT2D eigenvalue weighted by atomic mass is 9.87. The molecule has 8 nitrogen and oxygen atoms in total. The zero-order valence-electron chi connectivity index (χ0n) is 23.1. The summed E-state index contributed by atoms with van der Waals surface area (Å²) in [5.41, 5.74) is 3.85. The summed E-state index contributed by atoms with van der Waals surface area (Å²) < 4.78 is 0. The highest BCUT2D eigenvalue weighted by Gasteiger charge is 2.59. The molecule has 1 atom stereocenters. The van der Waals surface area contributed by atoms with Gasteiger partial charge in [0.2, 0.25) is 0 Å². The Kier molecular flexibility index (Phi) is 6.16. The molecule has 1 unspecified atom stereocenters. The molecule has 3 aromatic carbocycles. The molecular formula is C33H33N5O3. The van der Waals surface area contributed by atoms with Crippen LogP contribution in [-0.4, -0.2) is 58.3 Å². The summed E-state index contributed by atoms with van der Waals surface area (Å²) in [7, 11) is 0. The van der Waals surface area contributed by atoms with Crippen LogP contribution in [0.25, 0.3) is 10.9 Å². The van der Waals surface area contributed by atoms with Gasteiger partial charge in [0.1, 0.15) is 0 Å². The second kappa shape index (κ2) is 9.89. The quantitative estimate of drug-likeness (QED) is 0.351. The molecule has 4 aromatic rings. The van der Waals surface area contributed by atoms with Crippen LogP contribution in [-0.2, 0) is 23.3 Å². The maximum absolute atomic E-state index is 14.0. The van der Waals surface area contributed by atoms with Crippen molar-refractivity contribution >= 4 is 34.4 Å². The lowest BCUT2D eigenvalue weighted by Gasteiger charge is -2.35. The fourth-order valence-corrected chi connectivity index (χ4v) is 6.75. The molecule has 0 radical (unpaired) electrons. The van der Waals surface area contributed by atoms with Crippen LogP contribution in [0.5, 0.6) is 0 Å². The number of likely N-dealkylation sites (tertiary alicyclic amines) is 1. The monoisotopic (exact) mass is 547 g/mol. The second-order valence-electron chi connectivity index (χ2n) is 11.5. The number of rotatable bonds is 5. The summed E-state index contributed by atoms with van der Waals surface area (Å²) >= 11 is 0. The molecule has 3 aliphatic heterocycles. The number of H-pyrrole nitrogens is 1. The fraction of sp³-hybridized carbons (Fsp3) is 0.303. The number of benzene rings is 3. The van der Waals surface area contributed by atoms with Gasteiger partial charge in [-0.2, -0.15) is 0 Å². The van der Waals surface area contributed by atoms with E-state index in [-0.39, 0.29) is 23.9 Å². The first-order valence-corrected chi connectivity index (χ1v) is 14.4. The third-order valence-electron chi connectivity index (χ3n) is 9.01. The number of carbonyl (C=O) groups is 3. The largest absolute Gasteiger partial charge is 0.356 e. The van der Waals surface area contributed by atoms with Crippen molar-refractivity contribution in [1.82, 2.24) is 20.1 Å². The summed E-state index contributed by atoms with van der Waals surface area (Å²) in [4.78, 5) is 49.7. The average molecular weight is 548 g/mol. The Labute approximate surface area is 238 Å². The molecule has 2 fully saturated rings. The molecule has 2 N–H and O–H groups in total. The Morgan fingerprint density at radius 1 is 0.951 bits per heavy atom. The van der Waals surface area contributed by atoms with E-state index < -0.39 is 5.54 Å². The molecule has 208 valence electrons. The number of piperidine rings is 1. The number of amides is 4. The average Bonchev–Trinajstić information content (AvgIpc) is 3.47. The molecule has 0 bridgehead atoms. The zero-order valence-corrected chi connectivity index (χ0v) is 23.1. The predicted octanol–water partition coefficient (Wildman–Crippen LogP) is 4.80. The molecule has 41 heavy (non-hydrogen) atoms. The normalized spacial score (nSPS) is 21.3. The lowest BCUT2D eigenvalue weighted by molar-refractivity contribution is -0.125. The molecule has 7 rings (SSSR count). The van der Waals surface area contributed by atoms with E-state index in [4.69, 9.17) is 0 Å². The van der Waals surface area contributed by atoms with Crippen LogP contribution in [0.3, 0.4) is 0 Å². The number of fused-ring (bicyclic) bond motifs is 5. The first-order chi connectivity index (χ1) is 19.9. The van der Waals surface area contributed by atoms with Gasteiger partial charge in [-0.3, -0.25) is 14.5 Å². The van der Waals surface area contributed by atoms with Crippen molar-refractivity contribution in [3.05, 3.63) is 101 Å². The van der Waals surface area contributed by atoms with E-state index in [1.54, 1.807) is 29.2 Å². The highest BCUT2D eigenvalue weighted by Crippen LogP contribution is 2.45. The van der Waals surface area contributed by atoms with Crippen LogP contribution in [0.15, 0.2) is 78.9 Å². The topological polar surface area (TPSA) is 88.8 Å². The van der Waals surface area contributed by atoms with Crippen molar-refractivity contribution in [3.63, 3.8) is 0 Å². The summed E-state index contributed by atoms with van der Waals surface area (Å²) in [6, 6.07) is 25.0. The first kappa shape index (κ1) is 25.5. The van der Waals surface area contributed by atoms with Gasteiger partial charge in [0, 0.05) is 48.7 Å². The maximum Gasteiger partial charge on any atom is 0.332 e. The molecule has 0 aliphatic carbocycles. The molecule has 4 amide bonds. The number of anilines is 1. The fourth-order valence-electron chi connectivity index (χ4n) is 6.75. The number of para-hydroxylation sites is 1. The third kappa shape index (κ3) is 4.21. The first-order valence-electron chi connectivity index (χ1n) is 14.4. The van der Waals surface area contributed by atoms with Gasteiger partial charge < -0.3 is 15.2 Å². The summed E-state index contributed by atoms with van der Waals surface area (Å²) in [6.45, 7) is 5.02. The molecule has 8 heteroatoms. The van der Waals surface area contributed by atoms with Crippen molar-refractivity contribution in [1.29, 1.82) is 0 Å². The Hall–Kier alpha value is -4.43. The summed E-state index contributed by atoms with van der Waals surface area (Å²) in [5, 5.41) is 4.27. The SMILES string of the molecule is CC12C(=O)N(c3cccc(C(=O)NC4CCN(Cc5ccccc5)CC4)c3)C(=O)N1CCc1c2[nH]c2ccccc12. The second-order valence-corrected chi connectivity index (χ2v) is 11.5. The van der Waals surface area contributed by atoms with Crippen LogP contribution >= 0.6 is 0 Å². The smallest absolute Gasteiger partial charge is 0.332 e. The molecule has 0 saturated carbocycles. The van der Waals surface area contributed by atoms with E-state index >= 15 is 0 Å². The number of nitrogens with one attached hydrogen (secondary N) is 2. The number of carbonyl (C=O) groups excluding carboxylic acids is 3. The highest BCUT2D eigenvalue weighted by molar-refractivity contribution is 6.24. The van der Waals surface area contributed by atoms with Crippen molar-refractivity contribution in [2.24, 2.45) is 0 Å². The van der Waals surface area contributed by atoms with Gasteiger partial charge in [-0.05, 0) is 61.6 Å². The number of hydrogen-bond acceptors (Lipinski definition) is 4. The Morgan fingerprint density at radius 3 is 2.51 bits per heavy atom. The van der Waals surface area contributed by atoms with Crippen LogP contribution in [0.1, 0.15) is 46.9 Å². The minimum absolute atomic E-state index is 0.0848. The number of imide groups is 1. The standard InChI is InChI=1S/C33H33N5O3/c1-33-29-27(26-12-5-6-13-28(26)35-29)16-19-37(33)32(41)38(31(33)40)25-11-7-10-23(20-25)30(39)34-24-14-17-36(18-15-24)21-22-8-3-2-4-9-22/h2-13,20,24,35H,14-19,21H2,1H3,(H,34,39). The minimum Gasteiger partial charge on any atom is -0.356 e. The number of hydrogen-bond donors (Lipinski definition) is 2. The van der Waals surface area contributed by atoms with Gasteiger partial charge >= 0.3 is 6.03 Å². The molecule has 1 aromatic heterocycles. The minimum atomic E-state index is -1.13. The third-order valence-corrected chi connectivity index (χ3v) is 9.01. The van der Waals surface area contributed by atoms with Gasteiger partial charge in [0.15, 0.2) is 5.54 Å². The number of nitrogens with zero attached hydrogens (tertiary/aromatic N) is 3. The number of urea groups is 1. The van der Waals surface area contributed by atoms with Gasteiger partial charge in [0.25, 0.3) is 11.8 Å². The van der Waals surface area contributed by atoms with Crippen LogP contribution in [0.4, 0.5) is 10.5 Å². The van der Waals surface area contributed by atoms with E-state index in [2.05, 4.69) is 45.5 Å². The Bertz CT molecular complexity index is 1660. The summed E-state index contributed by atoms with van der Waals surface area (Å²) in [5.74, 6) is -0.493. The predicted molar refractivity (Wildman–Crippen MR) is 158 cm³/mol. The van der Waals surface area contributed by atoms with Gasteiger partial charge in [-0.1, -0.05) is 54.6 Å². The lowest BCUT2D eigenvalue weighted by Crippen LogP contribution is -2.49. The number of aromatic amines is 1. The molecule has 4 heterocycles. The van der Waals surface area contributed by atoms with Crippen LogP contribution in [0, 0.1) is 0 Å². The molecule has 3 aliphatic rings. The van der Waals surface area contributed by atoms with Gasteiger partial charge in [0.05, 0.1) is 11.4 Å². The van der Waals surface area contributed by atoms with E-state index in [0.717, 1.165) is 54.6 Å². The molecular weight excluding hydrogens is 514 g/mol. The van der Waals surface area contributed by atoms with Crippen molar-refractivity contribution in [3.8, 4) is 0 Å². The van der Waals surface area contributed by atoms with E-state index in [1.807, 2.05) is 31.2 Å². The van der Waals surface area contributed by atoms with Gasteiger partial charge in [-0.15, -0.1) is 0 Å². The Balaban J connectivity index is 1.07. The van der Waals surface area contributed by atoms with Crippen molar-refractivity contribution in [2.45, 2.75) is 44.3 Å². The van der Waals surface area contributed by atoms with Crippen LogP contribution < -0.4 is 10.2 Å². The summed E-state index contributed by atoms with van der Waals surface area (Å²) in [6.07, 6.45) is 2.43. The van der Waals surface area contributed by atoms with Crippen molar-refractivity contribution in [2.75, 3.05) is 24.5 Å². The molecule has 2 saturated heterocycles. The van der Waals surface area contributed by atoms with Gasteiger partial charge in [-0.25, -0.2) is 9.69 Å². The maximum atomic E-state index is 14.0. The number of aromatic nitrogens is 1. The van der Waals surface area contributed by atoms with Crippen LogP contribution in [0.2, 0.25) is 0 Å². The van der Waals surface area contributed by atoms with Crippen molar-refractivity contribution < 1.29 is 14.4 Å². The van der Waals surface area contributed by atoms with E-state index in [9.17, 15) is 14.4 Å². The van der Waals surface area contributed by atoms with E-state index in [1.165, 1.54) is 10.5 Å². The zero-order chi connectivity index (χ0) is 28.1.